The maximum atomic E-state index is 5.32. The van der Waals surface area contributed by atoms with Crippen LogP contribution in [0.4, 0.5) is 11.6 Å². The maximum Gasteiger partial charge on any atom is 0.136 e. The standard InChI is InChI=1S/C15H20N4O/c1-2-16-13-10-14(19-15(18-13)11-5-6-11)17-8-7-12-4-3-9-20-12/h3-4,9-11H,2,5-8H2,1H3,(H2,16,17,18,19). The van der Waals surface area contributed by atoms with Crippen molar-refractivity contribution in [3.63, 3.8) is 0 Å². The molecule has 2 N–H and O–H groups in total. The fourth-order valence-corrected chi connectivity index (χ4v) is 2.12. The van der Waals surface area contributed by atoms with Gasteiger partial charge in [0, 0.05) is 31.5 Å². The molecule has 2 aromatic heterocycles. The second kappa shape index (κ2) is 5.94. The predicted octanol–water partition coefficient (Wildman–Crippen LogP) is 3.03. The highest BCUT2D eigenvalue weighted by Gasteiger charge is 2.27. The quantitative estimate of drug-likeness (QED) is 0.811. The van der Waals surface area contributed by atoms with E-state index in [1.807, 2.05) is 18.2 Å². The Balaban J connectivity index is 1.64. The van der Waals surface area contributed by atoms with Crippen LogP contribution in [-0.2, 0) is 6.42 Å². The fourth-order valence-electron chi connectivity index (χ4n) is 2.12. The summed E-state index contributed by atoms with van der Waals surface area (Å²) in [5.74, 6) is 4.30. The maximum absolute atomic E-state index is 5.32. The molecule has 0 unspecified atom stereocenters. The SMILES string of the molecule is CCNc1cc(NCCc2ccco2)nc(C2CC2)n1. The molecule has 106 valence electrons. The number of nitrogens with one attached hydrogen (secondary N) is 2. The summed E-state index contributed by atoms with van der Waals surface area (Å²) in [5.41, 5.74) is 0. The Labute approximate surface area is 118 Å². The molecule has 5 nitrogen and oxygen atoms in total. The second-order valence-corrected chi connectivity index (χ2v) is 5.06. The van der Waals surface area contributed by atoms with Crippen molar-refractivity contribution in [1.29, 1.82) is 0 Å². The lowest BCUT2D eigenvalue weighted by Crippen LogP contribution is -2.10. The first kappa shape index (κ1) is 13.0. The van der Waals surface area contributed by atoms with Gasteiger partial charge in [0.2, 0.25) is 0 Å². The van der Waals surface area contributed by atoms with Crippen LogP contribution in [0.2, 0.25) is 0 Å². The van der Waals surface area contributed by atoms with Crippen molar-refractivity contribution in [2.45, 2.75) is 32.1 Å². The molecule has 0 atom stereocenters. The number of furan rings is 1. The number of hydrogen-bond donors (Lipinski definition) is 2. The molecule has 0 aliphatic heterocycles. The highest BCUT2D eigenvalue weighted by atomic mass is 16.3. The predicted molar refractivity (Wildman–Crippen MR) is 79.1 cm³/mol. The highest BCUT2D eigenvalue weighted by Crippen LogP contribution is 2.38. The monoisotopic (exact) mass is 272 g/mol. The molecule has 0 saturated heterocycles. The first-order valence-corrected chi connectivity index (χ1v) is 7.24. The van der Waals surface area contributed by atoms with Gasteiger partial charge in [0.05, 0.1) is 6.26 Å². The summed E-state index contributed by atoms with van der Waals surface area (Å²) < 4.78 is 5.32. The molecule has 1 fully saturated rings. The lowest BCUT2D eigenvalue weighted by atomic mass is 10.3. The zero-order valence-electron chi connectivity index (χ0n) is 11.7. The van der Waals surface area contributed by atoms with E-state index in [4.69, 9.17) is 4.42 Å². The van der Waals surface area contributed by atoms with E-state index < -0.39 is 0 Å². The van der Waals surface area contributed by atoms with Gasteiger partial charge in [-0.3, -0.25) is 0 Å². The summed E-state index contributed by atoms with van der Waals surface area (Å²) in [6.07, 6.45) is 4.98. The van der Waals surface area contributed by atoms with Crippen LogP contribution in [0, 0.1) is 0 Å². The minimum absolute atomic E-state index is 0.555. The zero-order chi connectivity index (χ0) is 13.8. The van der Waals surface area contributed by atoms with Gasteiger partial charge in [0.15, 0.2) is 0 Å². The van der Waals surface area contributed by atoms with Crippen LogP contribution in [0.3, 0.4) is 0 Å². The molecule has 3 rings (SSSR count). The molecule has 0 bridgehead atoms. The number of aromatic nitrogens is 2. The lowest BCUT2D eigenvalue weighted by Gasteiger charge is -2.10. The number of hydrogen-bond acceptors (Lipinski definition) is 5. The van der Waals surface area contributed by atoms with Crippen molar-refractivity contribution in [2.75, 3.05) is 23.7 Å². The van der Waals surface area contributed by atoms with Crippen LogP contribution in [-0.4, -0.2) is 23.1 Å². The van der Waals surface area contributed by atoms with E-state index in [0.29, 0.717) is 5.92 Å². The Morgan fingerprint density at radius 2 is 2.05 bits per heavy atom. The molecule has 0 radical (unpaired) electrons. The minimum Gasteiger partial charge on any atom is -0.469 e. The highest BCUT2D eigenvalue weighted by molar-refractivity contribution is 5.48. The Kier molecular flexibility index (Phi) is 3.85. The first-order chi connectivity index (χ1) is 9.85. The lowest BCUT2D eigenvalue weighted by molar-refractivity contribution is 0.513. The smallest absolute Gasteiger partial charge is 0.136 e. The fraction of sp³-hybridized carbons (Fsp3) is 0.467. The van der Waals surface area contributed by atoms with Gasteiger partial charge in [-0.25, -0.2) is 9.97 Å². The summed E-state index contributed by atoms with van der Waals surface area (Å²) in [6, 6.07) is 5.87. The Hall–Kier alpha value is -2.04. The third-order valence-corrected chi connectivity index (χ3v) is 3.30. The van der Waals surface area contributed by atoms with Gasteiger partial charge < -0.3 is 15.1 Å². The van der Waals surface area contributed by atoms with E-state index in [-0.39, 0.29) is 0 Å². The number of nitrogens with zero attached hydrogens (tertiary/aromatic N) is 2. The first-order valence-electron chi connectivity index (χ1n) is 7.24. The van der Waals surface area contributed by atoms with Crippen molar-refractivity contribution in [3.8, 4) is 0 Å². The van der Waals surface area contributed by atoms with Crippen molar-refractivity contribution in [1.82, 2.24) is 9.97 Å². The second-order valence-electron chi connectivity index (χ2n) is 5.06. The van der Waals surface area contributed by atoms with Crippen molar-refractivity contribution >= 4 is 11.6 Å². The largest absolute Gasteiger partial charge is 0.469 e. The van der Waals surface area contributed by atoms with Gasteiger partial charge in [-0.2, -0.15) is 0 Å². The molecule has 20 heavy (non-hydrogen) atoms. The van der Waals surface area contributed by atoms with E-state index in [2.05, 4.69) is 27.5 Å². The van der Waals surface area contributed by atoms with Crippen molar-refractivity contribution in [2.24, 2.45) is 0 Å². The van der Waals surface area contributed by atoms with Crippen LogP contribution in [0.15, 0.2) is 28.9 Å². The molecular weight excluding hydrogens is 252 g/mol. The van der Waals surface area contributed by atoms with E-state index >= 15 is 0 Å². The minimum atomic E-state index is 0.555. The molecular formula is C15H20N4O. The number of rotatable bonds is 7. The van der Waals surface area contributed by atoms with Gasteiger partial charge in [0.1, 0.15) is 23.2 Å². The molecule has 2 aromatic rings. The molecule has 2 heterocycles. The third-order valence-electron chi connectivity index (χ3n) is 3.30. The molecule has 5 heteroatoms. The van der Waals surface area contributed by atoms with Gasteiger partial charge in [-0.05, 0) is 31.9 Å². The van der Waals surface area contributed by atoms with E-state index in [1.165, 1.54) is 12.8 Å². The van der Waals surface area contributed by atoms with Crippen molar-refractivity contribution in [3.05, 3.63) is 36.0 Å². The summed E-state index contributed by atoms with van der Waals surface area (Å²) >= 11 is 0. The Bertz CT molecular complexity index is 549. The molecule has 1 aliphatic carbocycles. The topological polar surface area (TPSA) is 63.0 Å². The summed E-state index contributed by atoms with van der Waals surface area (Å²) in [6.45, 7) is 3.75. The third kappa shape index (κ3) is 3.29. The van der Waals surface area contributed by atoms with Gasteiger partial charge in [-0.15, -0.1) is 0 Å². The Morgan fingerprint density at radius 3 is 2.70 bits per heavy atom. The molecule has 0 spiro atoms. The van der Waals surface area contributed by atoms with E-state index in [0.717, 1.165) is 42.7 Å². The molecule has 1 aliphatic rings. The normalized spacial score (nSPS) is 14.2. The zero-order valence-corrected chi connectivity index (χ0v) is 11.7. The molecule has 0 amide bonds. The Morgan fingerprint density at radius 1 is 1.25 bits per heavy atom. The van der Waals surface area contributed by atoms with Gasteiger partial charge in [-0.1, -0.05) is 0 Å². The molecule has 0 aromatic carbocycles. The summed E-state index contributed by atoms with van der Waals surface area (Å²) in [5, 5.41) is 6.62. The summed E-state index contributed by atoms with van der Waals surface area (Å²) in [4.78, 5) is 9.17. The van der Waals surface area contributed by atoms with Crippen LogP contribution in [0.5, 0.6) is 0 Å². The average molecular weight is 272 g/mol. The van der Waals surface area contributed by atoms with E-state index in [9.17, 15) is 0 Å². The van der Waals surface area contributed by atoms with Crippen molar-refractivity contribution < 1.29 is 4.42 Å². The molecule has 1 saturated carbocycles. The van der Waals surface area contributed by atoms with Crippen LogP contribution >= 0.6 is 0 Å². The van der Waals surface area contributed by atoms with Crippen LogP contribution < -0.4 is 10.6 Å². The number of anilines is 2. The van der Waals surface area contributed by atoms with Crippen LogP contribution in [0.1, 0.15) is 37.3 Å². The van der Waals surface area contributed by atoms with Gasteiger partial charge in [0.25, 0.3) is 0 Å². The van der Waals surface area contributed by atoms with Crippen LogP contribution in [0.25, 0.3) is 0 Å². The summed E-state index contributed by atoms with van der Waals surface area (Å²) in [7, 11) is 0. The average Bonchev–Trinajstić information content (AvgIpc) is 3.17. The van der Waals surface area contributed by atoms with Gasteiger partial charge >= 0.3 is 0 Å². The van der Waals surface area contributed by atoms with E-state index in [1.54, 1.807) is 6.26 Å².